The Morgan fingerprint density at radius 3 is 2.57 bits per heavy atom. The van der Waals surface area contributed by atoms with Crippen molar-refractivity contribution in [2.24, 2.45) is 0 Å². The number of hydrogen-bond acceptors (Lipinski definition) is 11. The Hall–Kier alpha value is -4.12. The number of carbonyl (C=O) groups is 1. The molecule has 2 aliphatic rings. The predicted octanol–water partition coefficient (Wildman–Crippen LogP) is 4.65. The molecule has 0 amide bonds. The Bertz CT molecular complexity index is 1470. The third-order valence-electron chi connectivity index (χ3n) is 8.05. The molecule has 1 aliphatic heterocycles. The number of likely N-dealkylation sites (N-methyl/N-ethyl adjacent to an activating group) is 2. The van der Waals surface area contributed by atoms with E-state index < -0.39 is 5.97 Å². The molecular formula is C31H42N8O3. The van der Waals surface area contributed by atoms with E-state index in [0.717, 1.165) is 55.1 Å². The van der Waals surface area contributed by atoms with Crippen molar-refractivity contribution in [2.45, 2.75) is 51.6 Å². The van der Waals surface area contributed by atoms with Gasteiger partial charge in [0, 0.05) is 50.1 Å². The molecule has 42 heavy (non-hydrogen) atoms. The number of nitrogens with two attached hydrogens (primary N) is 1. The smallest absolute Gasteiger partial charge is 0.343 e. The minimum atomic E-state index is -0.463. The van der Waals surface area contributed by atoms with E-state index in [0.29, 0.717) is 41.0 Å². The van der Waals surface area contributed by atoms with Gasteiger partial charge in [-0.1, -0.05) is 6.42 Å². The summed E-state index contributed by atoms with van der Waals surface area (Å²) in [5.41, 5.74) is 11.9. The lowest BCUT2D eigenvalue weighted by Crippen LogP contribution is -2.39. The number of ether oxygens (including phenoxy) is 2. The number of nitrogens with one attached hydrogen (secondary N) is 1. The molecule has 1 spiro atoms. The van der Waals surface area contributed by atoms with Gasteiger partial charge in [-0.25, -0.2) is 9.78 Å². The summed E-state index contributed by atoms with van der Waals surface area (Å²) in [5, 5.41) is 3.28. The summed E-state index contributed by atoms with van der Waals surface area (Å²) in [6.45, 7) is 8.05. The molecule has 1 aromatic carbocycles. The number of rotatable bonds is 10. The summed E-state index contributed by atoms with van der Waals surface area (Å²) >= 11 is 0. The van der Waals surface area contributed by atoms with Gasteiger partial charge < -0.3 is 35.2 Å². The second-order valence-electron chi connectivity index (χ2n) is 11.9. The summed E-state index contributed by atoms with van der Waals surface area (Å²) in [6.07, 6.45) is 4.52. The number of esters is 1. The number of pyridine rings is 1. The summed E-state index contributed by atoms with van der Waals surface area (Å²) < 4.78 is 11.3. The quantitative estimate of drug-likeness (QED) is 0.260. The Labute approximate surface area is 248 Å². The van der Waals surface area contributed by atoms with Crippen LogP contribution in [-0.2, 0) is 10.2 Å². The lowest BCUT2D eigenvalue weighted by atomic mass is 9.67. The number of aryl methyl sites for hydroxylation is 1. The highest BCUT2D eigenvalue weighted by Gasteiger charge is 2.49. The van der Waals surface area contributed by atoms with Crippen LogP contribution in [-0.4, -0.2) is 79.8 Å². The van der Waals surface area contributed by atoms with E-state index in [1.807, 2.05) is 60.1 Å². The molecule has 3 aromatic rings. The van der Waals surface area contributed by atoms with E-state index in [2.05, 4.69) is 31.1 Å². The van der Waals surface area contributed by atoms with Crippen LogP contribution < -0.4 is 25.6 Å². The van der Waals surface area contributed by atoms with E-state index in [1.54, 1.807) is 7.11 Å². The number of fused-ring (bicyclic) bond motifs is 2. The van der Waals surface area contributed by atoms with Gasteiger partial charge >= 0.3 is 5.97 Å². The van der Waals surface area contributed by atoms with Crippen LogP contribution in [0.5, 0.6) is 5.75 Å². The molecule has 1 saturated carbocycles. The maximum atomic E-state index is 13.2. The molecule has 5 rings (SSSR count). The first-order valence-corrected chi connectivity index (χ1v) is 14.5. The van der Waals surface area contributed by atoms with E-state index in [9.17, 15) is 4.79 Å². The highest BCUT2D eigenvalue weighted by atomic mass is 16.5. The number of anilines is 6. The zero-order valence-electron chi connectivity index (χ0n) is 25.7. The first-order chi connectivity index (χ1) is 20.0. The second-order valence-corrected chi connectivity index (χ2v) is 11.9. The first kappa shape index (κ1) is 29.4. The first-order valence-electron chi connectivity index (χ1n) is 14.5. The molecule has 0 radical (unpaired) electrons. The maximum Gasteiger partial charge on any atom is 0.343 e. The van der Waals surface area contributed by atoms with Crippen LogP contribution in [0, 0.1) is 6.92 Å². The van der Waals surface area contributed by atoms with Gasteiger partial charge in [0.15, 0.2) is 5.82 Å². The molecule has 0 unspecified atom stereocenters. The third-order valence-corrected chi connectivity index (χ3v) is 8.05. The number of aromatic nitrogens is 3. The average molecular weight is 575 g/mol. The monoisotopic (exact) mass is 574 g/mol. The lowest BCUT2D eigenvalue weighted by Gasteiger charge is -2.38. The molecular weight excluding hydrogens is 532 g/mol. The number of nitrogen functional groups attached to an aromatic ring is 1. The SMILES string of the molecule is COc1cc(N(C)CCN(C)C)c(N)cc1Nc1ncc(C(=O)OC(C)C)c(N2CC3(CCC3)c3nc(C)ccc32)n1. The number of benzene rings is 1. The standard InChI is InChI=1S/C31H42N8O3/c1-19(2)42-29(40)21-17-33-30(35-23-15-22(32)25(16-26(23)41-7)38(6)14-13-37(4)5)36-28(21)39-18-31(11-8-12-31)27-24(39)10-9-20(3)34-27/h9-10,15-17,19H,8,11-14,18,32H2,1-7H3,(H,33,35,36). The van der Waals surface area contributed by atoms with Crippen molar-refractivity contribution in [3.63, 3.8) is 0 Å². The largest absolute Gasteiger partial charge is 0.494 e. The van der Waals surface area contributed by atoms with Crippen molar-refractivity contribution in [2.75, 3.05) is 68.7 Å². The molecule has 3 N–H and O–H groups in total. The van der Waals surface area contributed by atoms with Gasteiger partial charge in [0.1, 0.15) is 11.3 Å². The van der Waals surface area contributed by atoms with Gasteiger partial charge in [-0.05, 0) is 65.9 Å². The lowest BCUT2D eigenvalue weighted by molar-refractivity contribution is 0.0378. The predicted molar refractivity (Wildman–Crippen MR) is 167 cm³/mol. The number of nitrogens with zero attached hydrogens (tertiary/aromatic N) is 6. The Morgan fingerprint density at radius 2 is 1.93 bits per heavy atom. The fourth-order valence-electron chi connectivity index (χ4n) is 5.64. The summed E-state index contributed by atoms with van der Waals surface area (Å²) in [4.78, 5) is 33.9. The van der Waals surface area contributed by atoms with Crippen LogP contribution in [0.1, 0.15) is 54.9 Å². The van der Waals surface area contributed by atoms with Crippen molar-refractivity contribution in [3.8, 4) is 5.75 Å². The van der Waals surface area contributed by atoms with Crippen LogP contribution in [0.25, 0.3) is 0 Å². The van der Waals surface area contributed by atoms with Crippen LogP contribution in [0.4, 0.5) is 34.5 Å². The molecule has 0 saturated heterocycles. The van der Waals surface area contributed by atoms with Crippen LogP contribution >= 0.6 is 0 Å². The van der Waals surface area contributed by atoms with E-state index >= 15 is 0 Å². The molecule has 2 aromatic heterocycles. The van der Waals surface area contributed by atoms with Crippen LogP contribution in [0.2, 0.25) is 0 Å². The van der Waals surface area contributed by atoms with Gasteiger partial charge in [-0.2, -0.15) is 4.98 Å². The van der Waals surface area contributed by atoms with Gasteiger partial charge in [0.2, 0.25) is 5.95 Å². The van der Waals surface area contributed by atoms with Crippen LogP contribution in [0.3, 0.4) is 0 Å². The zero-order valence-corrected chi connectivity index (χ0v) is 25.7. The summed E-state index contributed by atoms with van der Waals surface area (Å²) in [6, 6.07) is 7.81. The molecule has 3 heterocycles. The average Bonchev–Trinajstić information content (AvgIpc) is 3.26. The van der Waals surface area contributed by atoms with Gasteiger partial charge in [0.25, 0.3) is 0 Å². The minimum Gasteiger partial charge on any atom is -0.494 e. The van der Waals surface area contributed by atoms with Crippen molar-refractivity contribution in [1.29, 1.82) is 0 Å². The van der Waals surface area contributed by atoms with Crippen LogP contribution in [0.15, 0.2) is 30.5 Å². The second kappa shape index (κ2) is 11.6. The molecule has 224 valence electrons. The molecule has 0 atom stereocenters. The topological polar surface area (TPSA) is 122 Å². The van der Waals surface area contributed by atoms with Crippen molar-refractivity contribution < 1.29 is 14.3 Å². The Balaban J connectivity index is 1.52. The fourth-order valence-corrected chi connectivity index (χ4v) is 5.64. The third kappa shape index (κ3) is 5.65. The Morgan fingerprint density at radius 1 is 1.17 bits per heavy atom. The minimum absolute atomic E-state index is 0.0365. The molecule has 1 aliphatic carbocycles. The van der Waals surface area contributed by atoms with Gasteiger partial charge in [-0.15, -0.1) is 0 Å². The number of hydrogen-bond donors (Lipinski definition) is 2. The van der Waals surface area contributed by atoms with E-state index in [1.165, 1.54) is 6.20 Å². The van der Waals surface area contributed by atoms with Gasteiger partial charge in [-0.3, -0.25) is 4.98 Å². The zero-order chi connectivity index (χ0) is 30.2. The summed E-state index contributed by atoms with van der Waals surface area (Å²) in [7, 11) is 7.70. The van der Waals surface area contributed by atoms with Gasteiger partial charge in [0.05, 0.1) is 41.7 Å². The van der Waals surface area contributed by atoms with Crippen molar-refractivity contribution in [3.05, 3.63) is 47.4 Å². The highest BCUT2D eigenvalue weighted by molar-refractivity contribution is 5.96. The maximum absolute atomic E-state index is 13.2. The Kier molecular flexibility index (Phi) is 8.14. The molecule has 11 heteroatoms. The fraction of sp³-hybridized carbons (Fsp3) is 0.484. The van der Waals surface area contributed by atoms with Crippen molar-refractivity contribution in [1.82, 2.24) is 19.9 Å². The molecule has 11 nitrogen and oxygen atoms in total. The molecule has 1 fully saturated rings. The van der Waals surface area contributed by atoms with E-state index in [4.69, 9.17) is 25.2 Å². The summed E-state index contributed by atoms with van der Waals surface area (Å²) in [5.74, 6) is 0.938. The number of methoxy groups -OCH3 is 1. The highest BCUT2D eigenvalue weighted by Crippen LogP contribution is 2.54. The number of carbonyl (C=O) groups excluding carboxylic acids is 1. The van der Waals surface area contributed by atoms with Crippen molar-refractivity contribution >= 4 is 40.5 Å². The normalized spacial score (nSPS) is 15.1. The molecule has 0 bridgehead atoms. The van der Waals surface area contributed by atoms with E-state index in [-0.39, 0.29) is 11.5 Å².